The summed E-state index contributed by atoms with van der Waals surface area (Å²) >= 11 is 0. The Morgan fingerprint density at radius 3 is 2.59 bits per heavy atom. The molecule has 0 amide bonds. The third kappa shape index (κ3) is 6.56. The normalized spacial score (nSPS) is 16.3. The van der Waals surface area contributed by atoms with Crippen LogP contribution >= 0.6 is 24.0 Å². The fraction of sp³-hybridized carbons (Fsp3) is 0.550. The van der Waals surface area contributed by atoms with Gasteiger partial charge in [-0.3, -0.25) is 4.68 Å². The van der Waals surface area contributed by atoms with Crippen LogP contribution in [0.2, 0.25) is 0 Å². The molecule has 1 atom stereocenters. The third-order valence-corrected chi connectivity index (χ3v) is 4.93. The maximum absolute atomic E-state index is 10.7. The lowest BCUT2D eigenvalue weighted by molar-refractivity contribution is 0.0616. The summed E-state index contributed by atoms with van der Waals surface area (Å²) < 4.78 is 1.68. The molecule has 2 aromatic rings. The van der Waals surface area contributed by atoms with Crippen molar-refractivity contribution in [2.24, 2.45) is 12.0 Å². The molecule has 1 unspecified atom stereocenters. The summed E-state index contributed by atoms with van der Waals surface area (Å²) in [6.07, 6.45) is 7.88. The van der Waals surface area contributed by atoms with Crippen LogP contribution in [-0.4, -0.2) is 52.0 Å². The molecule has 0 aliphatic carbocycles. The van der Waals surface area contributed by atoms with E-state index >= 15 is 0 Å². The zero-order chi connectivity index (χ0) is 20.0. The largest absolute Gasteiger partial charge is 0.383 e. The van der Waals surface area contributed by atoms with Crippen molar-refractivity contribution in [1.82, 2.24) is 25.4 Å². The van der Waals surface area contributed by atoms with Gasteiger partial charge < -0.3 is 20.6 Å². The molecule has 3 heterocycles. The Labute approximate surface area is 189 Å². The second-order valence-corrected chi connectivity index (χ2v) is 7.44. The zero-order valence-corrected chi connectivity index (χ0v) is 19.8. The summed E-state index contributed by atoms with van der Waals surface area (Å²) in [6.45, 7) is 7.57. The van der Waals surface area contributed by atoms with Gasteiger partial charge in [-0.25, -0.2) is 9.98 Å². The number of pyridine rings is 1. The molecule has 3 N–H and O–H groups in total. The highest BCUT2D eigenvalue weighted by Crippen LogP contribution is 2.19. The van der Waals surface area contributed by atoms with Gasteiger partial charge in [0.25, 0.3) is 0 Å². The molecule has 160 valence electrons. The predicted octanol–water partition coefficient (Wildman–Crippen LogP) is 2.00. The first-order chi connectivity index (χ1) is 13.5. The number of hydrogen-bond donors (Lipinski definition) is 3. The van der Waals surface area contributed by atoms with E-state index in [1.165, 1.54) is 12.8 Å². The first-order valence-corrected chi connectivity index (χ1v) is 9.91. The molecule has 0 spiro atoms. The average Bonchev–Trinajstić information content (AvgIpc) is 3.37. The van der Waals surface area contributed by atoms with Crippen molar-refractivity contribution in [2.45, 2.75) is 38.8 Å². The average molecular weight is 513 g/mol. The number of hydrogen-bond acceptors (Lipinski definition) is 5. The van der Waals surface area contributed by atoms with Crippen molar-refractivity contribution in [3.05, 3.63) is 41.9 Å². The molecule has 1 saturated heterocycles. The smallest absolute Gasteiger partial charge is 0.191 e. The standard InChI is InChI=1S/C20H31N7O.HI/c1-4-21-19(24-15-20(2,28)17-13-25-26(3)14-17)23-12-16-7-8-18(22-11-16)27-9-5-6-10-27;/h7-8,11,13-14,28H,4-6,9-10,12,15H2,1-3H3,(H2,21,23,24);1H. The zero-order valence-electron chi connectivity index (χ0n) is 17.4. The minimum Gasteiger partial charge on any atom is -0.383 e. The van der Waals surface area contributed by atoms with Gasteiger partial charge in [-0.15, -0.1) is 24.0 Å². The van der Waals surface area contributed by atoms with E-state index in [1.54, 1.807) is 17.8 Å². The van der Waals surface area contributed by atoms with Gasteiger partial charge in [0.15, 0.2) is 5.96 Å². The van der Waals surface area contributed by atoms with E-state index in [4.69, 9.17) is 0 Å². The number of nitrogens with one attached hydrogen (secondary N) is 2. The maximum atomic E-state index is 10.7. The van der Waals surface area contributed by atoms with Crippen LogP contribution in [0.15, 0.2) is 35.7 Å². The van der Waals surface area contributed by atoms with E-state index in [9.17, 15) is 5.11 Å². The van der Waals surface area contributed by atoms with Crippen LogP contribution in [0, 0.1) is 0 Å². The monoisotopic (exact) mass is 513 g/mol. The van der Waals surface area contributed by atoms with Gasteiger partial charge in [0.1, 0.15) is 11.4 Å². The Hall–Kier alpha value is -1.88. The van der Waals surface area contributed by atoms with Gasteiger partial charge in [0.05, 0.1) is 19.3 Å². The molecule has 0 radical (unpaired) electrons. The Balaban J connectivity index is 0.00000300. The highest BCUT2D eigenvalue weighted by atomic mass is 127. The number of anilines is 1. The minimum atomic E-state index is -1.04. The van der Waals surface area contributed by atoms with E-state index in [2.05, 4.69) is 42.7 Å². The molecule has 2 aromatic heterocycles. The van der Waals surface area contributed by atoms with Crippen molar-refractivity contribution in [1.29, 1.82) is 0 Å². The van der Waals surface area contributed by atoms with Crippen LogP contribution in [0.5, 0.6) is 0 Å². The van der Waals surface area contributed by atoms with Gasteiger partial charge in [-0.2, -0.15) is 5.10 Å². The van der Waals surface area contributed by atoms with Gasteiger partial charge >= 0.3 is 0 Å². The Morgan fingerprint density at radius 1 is 1.24 bits per heavy atom. The molecule has 1 fully saturated rings. The van der Waals surface area contributed by atoms with Gasteiger partial charge in [-0.05, 0) is 38.3 Å². The number of nitrogens with zero attached hydrogens (tertiary/aromatic N) is 5. The molecular weight excluding hydrogens is 481 g/mol. The number of rotatable bonds is 7. The van der Waals surface area contributed by atoms with Crippen LogP contribution in [0.3, 0.4) is 0 Å². The summed E-state index contributed by atoms with van der Waals surface area (Å²) in [7, 11) is 1.83. The molecule has 8 nitrogen and oxygen atoms in total. The van der Waals surface area contributed by atoms with Crippen LogP contribution < -0.4 is 15.5 Å². The minimum absolute atomic E-state index is 0. The van der Waals surface area contributed by atoms with E-state index in [1.807, 2.05) is 26.4 Å². The quantitative estimate of drug-likeness (QED) is 0.298. The fourth-order valence-electron chi connectivity index (χ4n) is 3.21. The maximum Gasteiger partial charge on any atom is 0.191 e. The number of guanidine groups is 1. The topological polar surface area (TPSA) is 90.6 Å². The van der Waals surface area contributed by atoms with Crippen molar-refractivity contribution in [3.8, 4) is 0 Å². The van der Waals surface area contributed by atoms with E-state index in [-0.39, 0.29) is 24.0 Å². The lowest BCUT2D eigenvalue weighted by atomic mass is 10.00. The third-order valence-electron chi connectivity index (χ3n) is 4.93. The fourth-order valence-corrected chi connectivity index (χ4v) is 3.21. The van der Waals surface area contributed by atoms with E-state index < -0.39 is 5.60 Å². The number of halogens is 1. The van der Waals surface area contributed by atoms with Gasteiger partial charge in [-0.1, -0.05) is 6.07 Å². The highest BCUT2D eigenvalue weighted by molar-refractivity contribution is 14.0. The Bertz CT molecular complexity index is 782. The lowest BCUT2D eigenvalue weighted by Crippen LogP contribution is -2.44. The highest BCUT2D eigenvalue weighted by Gasteiger charge is 2.25. The second-order valence-electron chi connectivity index (χ2n) is 7.44. The van der Waals surface area contributed by atoms with Crippen molar-refractivity contribution in [3.63, 3.8) is 0 Å². The van der Waals surface area contributed by atoms with Crippen molar-refractivity contribution >= 4 is 35.8 Å². The molecule has 29 heavy (non-hydrogen) atoms. The summed E-state index contributed by atoms with van der Waals surface area (Å²) in [6, 6.07) is 4.16. The first-order valence-electron chi connectivity index (χ1n) is 9.91. The SMILES string of the molecule is CCNC(=NCc1ccc(N2CCCC2)nc1)NCC(C)(O)c1cnn(C)c1.I. The van der Waals surface area contributed by atoms with Crippen LogP contribution in [-0.2, 0) is 19.2 Å². The molecule has 1 aliphatic rings. The van der Waals surface area contributed by atoms with Crippen molar-refractivity contribution in [2.75, 3.05) is 31.1 Å². The van der Waals surface area contributed by atoms with Crippen LogP contribution in [0.1, 0.15) is 37.8 Å². The van der Waals surface area contributed by atoms with Crippen molar-refractivity contribution < 1.29 is 5.11 Å². The molecule has 0 bridgehead atoms. The molecule has 0 aromatic carbocycles. The Kier molecular flexibility index (Phi) is 8.69. The first kappa shape index (κ1) is 23.4. The molecular formula is C20H32IN7O. The number of aliphatic imine (C=N–C) groups is 1. The number of aryl methyl sites for hydroxylation is 1. The van der Waals surface area contributed by atoms with Crippen LogP contribution in [0.25, 0.3) is 0 Å². The molecule has 0 saturated carbocycles. The predicted molar refractivity (Wildman–Crippen MR) is 127 cm³/mol. The Morgan fingerprint density at radius 2 is 2.00 bits per heavy atom. The van der Waals surface area contributed by atoms with E-state index in [0.29, 0.717) is 19.0 Å². The number of aromatic nitrogens is 3. The molecule has 3 rings (SSSR count). The lowest BCUT2D eigenvalue weighted by Gasteiger charge is -2.23. The summed E-state index contributed by atoms with van der Waals surface area (Å²) in [5.74, 6) is 1.71. The summed E-state index contributed by atoms with van der Waals surface area (Å²) in [5.41, 5.74) is 0.780. The molecule has 9 heteroatoms. The summed E-state index contributed by atoms with van der Waals surface area (Å²) in [5, 5.41) is 21.3. The van der Waals surface area contributed by atoms with Gasteiger partial charge in [0, 0.05) is 44.6 Å². The van der Waals surface area contributed by atoms with E-state index in [0.717, 1.165) is 36.6 Å². The molecule has 1 aliphatic heterocycles. The summed E-state index contributed by atoms with van der Waals surface area (Å²) in [4.78, 5) is 11.5. The van der Waals surface area contributed by atoms with Gasteiger partial charge in [0.2, 0.25) is 0 Å². The van der Waals surface area contributed by atoms with Crippen LogP contribution in [0.4, 0.5) is 5.82 Å². The second kappa shape index (κ2) is 10.8. The number of aliphatic hydroxyl groups is 1.